The molecule has 5 nitrogen and oxygen atoms in total. The summed E-state index contributed by atoms with van der Waals surface area (Å²) in [7, 11) is 0. The van der Waals surface area contributed by atoms with Crippen molar-refractivity contribution in [3.63, 3.8) is 0 Å². The Hall–Kier alpha value is -2.52. The largest absolute Gasteiger partial charge is 0.478 e. The van der Waals surface area contributed by atoms with Gasteiger partial charge in [-0.15, -0.1) is 0 Å². The highest BCUT2D eigenvalue weighted by Crippen LogP contribution is 2.56. The summed E-state index contributed by atoms with van der Waals surface area (Å²) >= 11 is 18.1. The smallest absolute Gasteiger partial charge is 0.424 e. The van der Waals surface area contributed by atoms with Gasteiger partial charge in [0.2, 0.25) is 5.60 Å². The number of carboxylic acids is 1. The van der Waals surface area contributed by atoms with Gasteiger partial charge in [0, 0.05) is 16.5 Å². The molecule has 0 amide bonds. The first-order chi connectivity index (χ1) is 15.9. The number of nitrogens with zero attached hydrogens (tertiary/aromatic N) is 2. The number of pyridine rings is 1. The number of benzene rings is 2. The first-order valence-corrected chi connectivity index (χ1v) is 11.0. The number of hydrogen-bond acceptors (Lipinski definition) is 4. The zero-order valence-corrected chi connectivity index (χ0v) is 19.7. The fourth-order valence-corrected chi connectivity index (χ4v) is 4.71. The van der Waals surface area contributed by atoms with E-state index >= 15 is 0 Å². The van der Waals surface area contributed by atoms with Crippen LogP contribution in [0.5, 0.6) is 0 Å². The molecule has 1 aliphatic rings. The predicted octanol–water partition coefficient (Wildman–Crippen LogP) is 7.39. The van der Waals surface area contributed by atoms with Crippen molar-refractivity contribution in [2.45, 2.75) is 31.2 Å². The van der Waals surface area contributed by atoms with E-state index in [4.69, 9.17) is 39.6 Å². The lowest BCUT2D eigenvalue weighted by Crippen LogP contribution is -2.43. The van der Waals surface area contributed by atoms with Crippen molar-refractivity contribution in [3.8, 4) is 0 Å². The Bertz CT molecular complexity index is 1250. The van der Waals surface area contributed by atoms with E-state index in [1.165, 1.54) is 42.5 Å². The molecular formula is C23H16Cl3F3N2O3. The molecule has 0 aliphatic carbocycles. The highest BCUT2D eigenvalue weighted by atomic mass is 35.5. The predicted molar refractivity (Wildman–Crippen MR) is 123 cm³/mol. The second-order valence-corrected chi connectivity index (χ2v) is 9.08. The van der Waals surface area contributed by atoms with Gasteiger partial charge in [0.25, 0.3) is 0 Å². The van der Waals surface area contributed by atoms with E-state index < -0.39 is 30.2 Å². The van der Waals surface area contributed by atoms with Crippen molar-refractivity contribution in [1.82, 2.24) is 4.98 Å². The number of alkyl halides is 3. The Morgan fingerprint density at radius 3 is 2.35 bits per heavy atom. The maximum Gasteiger partial charge on any atom is 0.424 e. The third kappa shape index (κ3) is 4.43. The lowest BCUT2D eigenvalue weighted by Gasteiger charge is -2.31. The van der Waals surface area contributed by atoms with Crippen molar-refractivity contribution in [2.24, 2.45) is 0 Å². The number of carbonyl (C=O) groups is 1. The molecule has 2 heterocycles. The Morgan fingerprint density at radius 1 is 1.12 bits per heavy atom. The SMILES string of the molecule is Cc1cc(C2CC(c3cc(Cl)cc(Cl)c3)(C(F)(F)F)ON2c2cccc(Cl)n2)ccc1C(=O)O. The lowest BCUT2D eigenvalue weighted by atomic mass is 9.85. The number of rotatable bonds is 4. The number of aromatic nitrogens is 1. The molecule has 0 spiro atoms. The van der Waals surface area contributed by atoms with Gasteiger partial charge >= 0.3 is 12.1 Å². The average molecular weight is 532 g/mol. The van der Waals surface area contributed by atoms with Gasteiger partial charge in [-0.2, -0.15) is 13.2 Å². The minimum Gasteiger partial charge on any atom is -0.478 e. The van der Waals surface area contributed by atoms with Crippen molar-refractivity contribution in [1.29, 1.82) is 0 Å². The summed E-state index contributed by atoms with van der Waals surface area (Å²) in [5.74, 6) is -1.09. The summed E-state index contributed by atoms with van der Waals surface area (Å²) in [6, 6.07) is 11.5. The summed E-state index contributed by atoms with van der Waals surface area (Å²) in [6.45, 7) is 1.57. The van der Waals surface area contributed by atoms with Gasteiger partial charge in [-0.3, -0.25) is 4.84 Å². The van der Waals surface area contributed by atoms with Gasteiger partial charge in [-0.05, 0) is 60.0 Å². The monoisotopic (exact) mass is 530 g/mol. The zero-order chi connectivity index (χ0) is 24.8. The highest BCUT2D eigenvalue weighted by Gasteiger charge is 2.64. The quantitative estimate of drug-likeness (QED) is 0.356. The van der Waals surface area contributed by atoms with Crippen molar-refractivity contribution in [3.05, 3.63) is 92.0 Å². The van der Waals surface area contributed by atoms with Crippen molar-refractivity contribution in [2.75, 3.05) is 5.06 Å². The topological polar surface area (TPSA) is 62.7 Å². The van der Waals surface area contributed by atoms with E-state index in [-0.39, 0.29) is 32.1 Å². The third-order valence-electron chi connectivity index (χ3n) is 5.60. The van der Waals surface area contributed by atoms with Gasteiger partial charge in [0.1, 0.15) is 5.15 Å². The van der Waals surface area contributed by atoms with Crippen LogP contribution in [0.2, 0.25) is 15.2 Å². The van der Waals surface area contributed by atoms with Gasteiger partial charge in [0.15, 0.2) is 5.82 Å². The molecule has 4 rings (SSSR count). The normalized spacial score (nSPS) is 20.6. The molecule has 2 atom stereocenters. The van der Waals surface area contributed by atoms with Gasteiger partial charge in [-0.25, -0.2) is 14.8 Å². The van der Waals surface area contributed by atoms with Gasteiger partial charge in [-0.1, -0.05) is 53.0 Å². The number of hydrogen-bond donors (Lipinski definition) is 1. The molecule has 2 unspecified atom stereocenters. The highest BCUT2D eigenvalue weighted by molar-refractivity contribution is 6.34. The Balaban J connectivity index is 1.91. The minimum absolute atomic E-state index is 0.0206. The zero-order valence-electron chi connectivity index (χ0n) is 17.4. The van der Waals surface area contributed by atoms with E-state index in [9.17, 15) is 23.1 Å². The molecule has 178 valence electrons. The van der Waals surface area contributed by atoms with E-state index in [1.807, 2.05) is 0 Å². The van der Waals surface area contributed by atoms with Crippen molar-refractivity contribution < 1.29 is 27.9 Å². The van der Waals surface area contributed by atoms with Crippen LogP contribution in [0.4, 0.5) is 19.0 Å². The number of carboxylic acid groups (broad SMARTS) is 1. The number of anilines is 1. The van der Waals surface area contributed by atoms with Crippen LogP contribution in [0, 0.1) is 6.92 Å². The van der Waals surface area contributed by atoms with Crippen LogP contribution in [0.1, 0.15) is 39.5 Å². The fraction of sp³-hybridized carbons (Fsp3) is 0.217. The molecule has 11 heteroatoms. The number of hydroxylamine groups is 1. The summed E-state index contributed by atoms with van der Waals surface area (Å²) in [6.07, 6.45) is -5.45. The molecular weight excluding hydrogens is 516 g/mol. The molecule has 1 fully saturated rings. The van der Waals surface area contributed by atoms with Gasteiger partial charge in [0.05, 0.1) is 11.6 Å². The van der Waals surface area contributed by atoms with E-state index in [0.29, 0.717) is 11.1 Å². The molecule has 0 bridgehead atoms. The van der Waals surface area contributed by atoms with Crippen molar-refractivity contribution >= 4 is 46.6 Å². The van der Waals surface area contributed by atoms with Crippen LogP contribution in [-0.4, -0.2) is 22.2 Å². The first kappa shape index (κ1) is 24.6. The van der Waals surface area contributed by atoms with Crippen LogP contribution in [-0.2, 0) is 10.4 Å². The second kappa shape index (κ2) is 8.92. The summed E-state index contributed by atoms with van der Waals surface area (Å²) in [5.41, 5.74) is -2.25. The standard InChI is InChI=1S/C23H16Cl3F3N2O3/c1-12-7-13(5-6-17(12)21(32)33)18-11-22(23(27,28)29,14-8-15(24)10-16(25)9-14)34-31(18)20-4-2-3-19(26)30-20/h2-10,18H,11H2,1H3,(H,32,33). The Kier molecular flexibility index (Phi) is 6.46. The molecule has 1 aliphatic heterocycles. The number of halogens is 6. The average Bonchev–Trinajstić information content (AvgIpc) is 3.15. The maximum atomic E-state index is 14.7. The summed E-state index contributed by atoms with van der Waals surface area (Å²) < 4.78 is 44.1. The molecule has 3 aromatic rings. The third-order valence-corrected chi connectivity index (χ3v) is 6.24. The minimum atomic E-state index is -4.87. The molecule has 1 N–H and O–H groups in total. The van der Waals surface area contributed by atoms with E-state index in [2.05, 4.69) is 4.98 Å². The molecule has 1 aromatic heterocycles. The van der Waals surface area contributed by atoms with Crippen LogP contribution in [0.3, 0.4) is 0 Å². The van der Waals surface area contributed by atoms with Crippen LogP contribution < -0.4 is 5.06 Å². The lowest BCUT2D eigenvalue weighted by molar-refractivity contribution is -0.272. The fourth-order valence-electron chi connectivity index (χ4n) is 4.03. The summed E-state index contributed by atoms with van der Waals surface area (Å²) in [5, 5.41) is 10.5. The van der Waals surface area contributed by atoms with E-state index in [0.717, 1.165) is 17.2 Å². The van der Waals surface area contributed by atoms with E-state index in [1.54, 1.807) is 6.92 Å². The molecule has 1 saturated heterocycles. The number of aromatic carboxylic acids is 1. The molecule has 0 saturated carbocycles. The second-order valence-electron chi connectivity index (χ2n) is 7.82. The first-order valence-electron chi connectivity index (χ1n) is 9.89. The molecule has 2 aromatic carbocycles. The van der Waals surface area contributed by atoms with Crippen LogP contribution in [0.25, 0.3) is 0 Å². The van der Waals surface area contributed by atoms with Crippen LogP contribution in [0.15, 0.2) is 54.6 Å². The molecule has 0 radical (unpaired) electrons. The number of aryl methyl sites for hydroxylation is 1. The molecule has 34 heavy (non-hydrogen) atoms. The summed E-state index contributed by atoms with van der Waals surface area (Å²) in [4.78, 5) is 21.2. The Labute approximate surface area is 207 Å². The Morgan fingerprint density at radius 2 is 1.79 bits per heavy atom. The van der Waals surface area contributed by atoms with Gasteiger partial charge < -0.3 is 5.11 Å². The maximum absolute atomic E-state index is 14.7. The van der Waals surface area contributed by atoms with Crippen LogP contribution >= 0.6 is 34.8 Å².